The fourth-order valence-corrected chi connectivity index (χ4v) is 1.60. The summed E-state index contributed by atoms with van der Waals surface area (Å²) in [4.78, 5) is 22.9. The molecule has 0 fully saturated rings. The molecule has 1 atom stereocenters. The zero-order valence-electron chi connectivity index (χ0n) is 10.3. The van der Waals surface area contributed by atoms with Crippen molar-refractivity contribution in [1.29, 1.82) is 0 Å². The maximum absolute atomic E-state index is 11.7. The van der Waals surface area contributed by atoms with Crippen LogP contribution in [-0.4, -0.2) is 17.9 Å². The molecule has 3 N–H and O–H groups in total. The summed E-state index contributed by atoms with van der Waals surface area (Å²) in [5.41, 5.74) is 6.14. The molecule has 0 unspecified atom stereocenters. The Morgan fingerprint density at radius 2 is 2.00 bits per heavy atom. The molecular weight excluding hydrogens is 228 g/mol. The van der Waals surface area contributed by atoms with Gasteiger partial charge in [0.15, 0.2) is 0 Å². The molecule has 0 aliphatic rings. The Balaban J connectivity index is 2.51. The summed E-state index contributed by atoms with van der Waals surface area (Å²) < 4.78 is 0. The summed E-state index contributed by atoms with van der Waals surface area (Å²) >= 11 is 0. The van der Waals surface area contributed by atoms with Gasteiger partial charge < -0.3 is 11.1 Å². The lowest BCUT2D eigenvalue weighted by atomic mass is 10.1. The Labute approximate surface area is 107 Å². The molecule has 2 amide bonds. The molecule has 1 aromatic carbocycles. The molecule has 0 aliphatic carbocycles. The van der Waals surface area contributed by atoms with Crippen LogP contribution >= 0.6 is 0 Å². The number of primary amides is 1. The summed E-state index contributed by atoms with van der Waals surface area (Å²) in [6, 6.07) is 8.72. The van der Waals surface area contributed by atoms with Gasteiger partial charge in [-0.2, -0.15) is 0 Å². The van der Waals surface area contributed by atoms with Gasteiger partial charge in [0.2, 0.25) is 11.8 Å². The van der Waals surface area contributed by atoms with E-state index in [1.54, 1.807) is 6.08 Å². The largest absolute Gasteiger partial charge is 0.368 e. The van der Waals surface area contributed by atoms with Crippen molar-refractivity contribution >= 4 is 11.8 Å². The summed E-state index contributed by atoms with van der Waals surface area (Å²) in [6.07, 6.45) is 3.07. The lowest BCUT2D eigenvalue weighted by Crippen LogP contribution is -2.44. The number of benzene rings is 1. The lowest BCUT2D eigenvalue weighted by Gasteiger charge is -2.14. The average molecular weight is 246 g/mol. The van der Waals surface area contributed by atoms with E-state index in [-0.39, 0.29) is 12.3 Å². The van der Waals surface area contributed by atoms with Crippen LogP contribution in [-0.2, 0) is 16.0 Å². The van der Waals surface area contributed by atoms with Crippen LogP contribution in [0.25, 0.3) is 0 Å². The molecule has 1 rings (SSSR count). The molecule has 0 spiro atoms. The van der Waals surface area contributed by atoms with Gasteiger partial charge >= 0.3 is 0 Å². The standard InChI is InChI=1S/C14H18N2O2/c1-2-3-9-12(14(15)18)16-13(17)10-11-7-5-4-6-8-11/h2,4-8,12H,1,3,9-10H2,(H2,15,18)(H,16,17)/t12-/m0/s1. The van der Waals surface area contributed by atoms with Crippen LogP contribution in [0.3, 0.4) is 0 Å². The number of hydrogen-bond donors (Lipinski definition) is 2. The topological polar surface area (TPSA) is 72.2 Å². The van der Waals surface area contributed by atoms with E-state index in [4.69, 9.17) is 5.73 Å². The van der Waals surface area contributed by atoms with Gasteiger partial charge in [-0.3, -0.25) is 9.59 Å². The highest BCUT2D eigenvalue weighted by atomic mass is 16.2. The van der Waals surface area contributed by atoms with Crippen LogP contribution in [0.5, 0.6) is 0 Å². The molecule has 18 heavy (non-hydrogen) atoms. The molecule has 0 saturated heterocycles. The molecule has 96 valence electrons. The quantitative estimate of drug-likeness (QED) is 0.709. The summed E-state index contributed by atoms with van der Waals surface area (Å²) in [6.45, 7) is 3.57. The first-order valence-corrected chi connectivity index (χ1v) is 5.87. The smallest absolute Gasteiger partial charge is 0.240 e. The van der Waals surface area contributed by atoms with E-state index in [0.29, 0.717) is 12.8 Å². The van der Waals surface area contributed by atoms with Gasteiger partial charge in [0.25, 0.3) is 0 Å². The fourth-order valence-electron chi connectivity index (χ4n) is 1.60. The average Bonchev–Trinajstić information content (AvgIpc) is 2.35. The van der Waals surface area contributed by atoms with Crippen molar-refractivity contribution in [2.45, 2.75) is 25.3 Å². The van der Waals surface area contributed by atoms with E-state index in [2.05, 4.69) is 11.9 Å². The number of hydrogen-bond acceptors (Lipinski definition) is 2. The van der Waals surface area contributed by atoms with Crippen LogP contribution in [0.1, 0.15) is 18.4 Å². The number of amides is 2. The van der Waals surface area contributed by atoms with E-state index >= 15 is 0 Å². The second-order valence-corrected chi connectivity index (χ2v) is 4.05. The van der Waals surface area contributed by atoms with Crippen LogP contribution in [0, 0.1) is 0 Å². The SMILES string of the molecule is C=CCC[C@H](NC(=O)Cc1ccccc1)C(N)=O. The number of nitrogens with two attached hydrogens (primary N) is 1. The predicted molar refractivity (Wildman–Crippen MR) is 70.7 cm³/mol. The highest BCUT2D eigenvalue weighted by Gasteiger charge is 2.16. The van der Waals surface area contributed by atoms with Gasteiger partial charge in [0.1, 0.15) is 6.04 Å². The summed E-state index contributed by atoms with van der Waals surface area (Å²) in [7, 11) is 0. The minimum absolute atomic E-state index is 0.200. The molecule has 1 aromatic rings. The minimum Gasteiger partial charge on any atom is -0.368 e. The van der Waals surface area contributed by atoms with E-state index in [1.807, 2.05) is 30.3 Å². The van der Waals surface area contributed by atoms with E-state index in [1.165, 1.54) is 0 Å². The third-order valence-corrected chi connectivity index (χ3v) is 2.55. The van der Waals surface area contributed by atoms with E-state index in [9.17, 15) is 9.59 Å². The third-order valence-electron chi connectivity index (χ3n) is 2.55. The fraction of sp³-hybridized carbons (Fsp3) is 0.286. The summed E-state index contributed by atoms with van der Waals surface area (Å²) in [5.74, 6) is -0.715. The highest BCUT2D eigenvalue weighted by Crippen LogP contribution is 2.02. The number of carbonyl (C=O) groups excluding carboxylic acids is 2. The van der Waals surface area contributed by atoms with Crippen molar-refractivity contribution in [3.63, 3.8) is 0 Å². The second kappa shape index (κ2) is 7.27. The number of rotatable bonds is 7. The van der Waals surface area contributed by atoms with Crippen LogP contribution < -0.4 is 11.1 Å². The number of allylic oxidation sites excluding steroid dienone is 1. The van der Waals surface area contributed by atoms with Gasteiger partial charge in [-0.15, -0.1) is 6.58 Å². The maximum atomic E-state index is 11.7. The van der Waals surface area contributed by atoms with Crippen molar-refractivity contribution in [1.82, 2.24) is 5.32 Å². The van der Waals surface area contributed by atoms with Crippen molar-refractivity contribution in [2.24, 2.45) is 5.73 Å². The van der Waals surface area contributed by atoms with Gasteiger partial charge in [-0.25, -0.2) is 0 Å². The zero-order valence-corrected chi connectivity index (χ0v) is 10.3. The first-order valence-electron chi connectivity index (χ1n) is 5.87. The lowest BCUT2D eigenvalue weighted by molar-refractivity contribution is -0.127. The Hall–Kier alpha value is -2.10. The Morgan fingerprint density at radius 3 is 2.56 bits per heavy atom. The first-order chi connectivity index (χ1) is 8.63. The molecule has 4 heteroatoms. The molecule has 0 aliphatic heterocycles. The van der Waals surface area contributed by atoms with Crippen molar-refractivity contribution in [3.05, 3.63) is 48.6 Å². The van der Waals surface area contributed by atoms with Gasteiger partial charge in [-0.05, 0) is 18.4 Å². The Bertz CT molecular complexity index is 415. The van der Waals surface area contributed by atoms with Gasteiger partial charge in [0, 0.05) is 0 Å². The first kappa shape index (κ1) is 14.0. The van der Waals surface area contributed by atoms with Crippen LogP contribution in [0.4, 0.5) is 0 Å². The van der Waals surface area contributed by atoms with Crippen molar-refractivity contribution < 1.29 is 9.59 Å². The molecule has 0 radical (unpaired) electrons. The van der Waals surface area contributed by atoms with E-state index < -0.39 is 11.9 Å². The monoisotopic (exact) mass is 246 g/mol. The summed E-state index contributed by atoms with van der Waals surface area (Å²) in [5, 5.41) is 2.64. The number of nitrogens with one attached hydrogen (secondary N) is 1. The Kier molecular flexibility index (Phi) is 5.64. The number of carbonyl (C=O) groups is 2. The second-order valence-electron chi connectivity index (χ2n) is 4.05. The predicted octanol–water partition coefficient (Wildman–Crippen LogP) is 1.17. The molecule has 0 aromatic heterocycles. The molecule has 0 bridgehead atoms. The zero-order chi connectivity index (χ0) is 13.4. The van der Waals surface area contributed by atoms with Crippen molar-refractivity contribution in [2.75, 3.05) is 0 Å². The van der Waals surface area contributed by atoms with Gasteiger partial charge in [-0.1, -0.05) is 36.4 Å². The Morgan fingerprint density at radius 1 is 1.33 bits per heavy atom. The molecule has 0 saturated carbocycles. The van der Waals surface area contributed by atoms with Crippen molar-refractivity contribution in [3.8, 4) is 0 Å². The maximum Gasteiger partial charge on any atom is 0.240 e. The van der Waals surface area contributed by atoms with Gasteiger partial charge in [0.05, 0.1) is 6.42 Å². The van der Waals surface area contributed by atoms with Crippen LogP contribution in [0.2, 0.25) is 0 Å². The van der Waals surface area contributed by atoms with E-state index in [0.717, 1.165) is 5.56 Å². The minimum atomic E-state index is -0.626. The van der Waals surface area contributed by atoms with Crippen LogP contribution in [0.15, 0.2) is 43.0 Å². The normalized spacial score (nSPS) is 11.6. The highest BCUT2D eigenvalue weighted by molar-refractivity contribution is 5.87. The molecule has 0 heterocycles. The third kappa shape index (κ3) is 4.82. The molecule has 4 nitrogen and oxygen atoms in total. The molecular formula is C14H18N2O2.